The van der Waals surface area contributed by atoms with Crippen molar-refractivity contribution >= 4 is 29.7 Å². The van der Waals surface area contributed by atoms with E-state index < -0.39 is 29.7 Å². The van der Waals surface area contributed by atoms with Gasteiger partial charge in [0.15, 0.2) is 0 Å². The summed E-state index contributed by atoms with van der Waals surface area (Å²) in [5.41, 5.74) is 3.56. The molecule has 4 fully saturated rings. The summed E-state index contributed by atoms with van der Waals surface area (Å²) in [5, 5.41) is 24.8. The second-order valence-corrected chi connectivity index (χ2v) is 21.6. The lowest BCUT2D eigenvalue weighted by Crippen LogP contribution is -2.58. The molecule has 0 bridgehead atoms. The van der Waals surface area contributed by atoms with E-state index in [2.05, 4.69) is 46.4 Å². The van der Waals surface area contributed by atoms with Crippen LogP contribution in [0.1, 0.15) is 78.7 Å². The number of carbonyl (C=O) groups is 5. The van der Waals surface area contributed by atoms with Gasteiger partial charge in [-0.2, -0.15) is 0 Å². The van der Waals surface area contributed by atoms with Crippen molar-refractivity contribution in [2.75, 3.05) is 79.5 Å². The van der Waals surface area contributed by atoms with Crippen LogP contribution in [0.15, 0.2) is 122 Å². The summed E-state index contributed by atoms with van der Waals surface area (Å²) in [6, 6.07) is 24.8. The van der Waals surface area contributed by atoms with Crippen molar-refractivity contribution in [3.05, 3.63) is 156 Å². The molecule has 2 saturated carbocycles. The molecule has 2 aliphatic carbocycles. The lowest BCUT2D eigenvalue weighted by Gasteiger charge is -2.36. The molecule has 22 heteroatoms. The van der Waals surface area contributed by atoms with Gasteiger partial charge >= 0.3 is 6.09 Å². The minimum atomic E-state index is -1.01. The van der Waals surface area contributed by atoms with E-state index in [1.165, 1.54) is 24.3 Å². The second kappa shape index (κ2) is 24.8. The van der Waals surface area contributed by atoms with Gasteiger partial charge in [-0.3, -0.25) is 19.2 Å². The molecule has 20 nitrogen and oxygen atoms in total. The standard InChI is InChI=1S/C31H38FN7O4.C26H30FN7O2.H2/c1-31(2,3)43-30(42)38(27-19-25(27)21-5-9-23(32)10-6-21)20-26(29(41)37-17-15-36(4)16-18-37)34-28(40)22-7-11-24(12-8-22)39-14-13-33-35-39;1-32-12-14-33(15-13-32)26(36)24(17-28-23-16-22(23)18-2-6-20(27)7-3-18)30-25(35)19-4-8-21(9-5-19)34-11-10-29-31-34;/h5-14,25-27H,15-20H2,1-4H3,(H,34,40);2-11,22-24,28H,12-17H2,1H3,(H,30,35);1H/t25-,26?,27+;22-,23+,24?;/m00./s1. The summed E-state index contributed by atoms with van der Waals surface area (Å²) in [5.74, 6) is -1.42. The zero-order chi connectivity index (χ0) is 55.8. The quantitative estimate of drug-likeness (QED) is 0.120. The van der Waals surface area contributed by atoms with Gasteiger partial charge < -0.3 is 45.2 Å². The molecule has 6 atom stereocenters. The van der Waals surface area contributed by atoms with E-state index in [1.807, 2.05) is 19.0 Å². The van der Waals surface area contributed by atoms with Crippen molar-refractivity contribution in [2.45, 2.75) is 75.2 Å². The number of nitrogens with zero attached hydrogens (tertiary/aromatic N) is 11. The first-order valence-electron chi connectivity index (χ1n) is 26.7. The molecule has 2 aromatic heterocycles. The monoisotopic (exact) mass is 1080 g/mol. The van der Waals surface area contributed by atoms with Crippen LogP contribution < -0.4 is 16.0 Å². The van der Waals surface area contributed by atoms with E-state index in [1.54, 1.807) is 138 Å². The summed E-state index contributed by atoms with van der Waals surface area (Å²) in [4.78, 5) is 76.8. The summed E-state index contributed by atoms with van der Waals surface area (Å²) < 4.78 is 35.8. The van der Waals surface area contributed by atoms with Crippen LogP contribution in [0, 0.1) is 11.6 Å². The molecule has 2 aliphatic heterocycles. The van der Waals surface area contributed by atoms with E-state index in [9.17, 15) is 32.8 Å². The number of ether oxygens (including phenoxy) is 1. The van der Waals surface area contributed by atoms with Gasteiger partial charge in [0.2, 0.25) is 11.8 Å². The Hall–Kier alpha value is -7.95. The van der Waals surface area contributed by atoms with Crippen LogP contribution in [0.4, 0.5) is 13.6 Å². The number of aromatic nitrogens is 6. The van der Waals surface area contributed by atoms with Crippen molar-refractivity contribution < 1.29 is 38.9 Å². The molecule has 4 aromatic carbocycles. The van der Waals surface area contributed by atoms with Crippen LogP contribution >= 0.6 is 0 Å². The molecule has 418 valence electrons. The highest BCUT2D eigenvalue weighted by molar-refractivity contribution is 5.98. The van der Waals surface area contributed by atoms with Crippen molar-refractivity contribution in [2.24, 2.45) is 0 Å². The number of benzene rings is 4. The van der Waals surface area contributed by atoms with Crippen LogP contribution in [-0.4, -0.2) is 194 Å². The third kappa shape index (κ3) is 14.8. The minimum absolute atomic E-state index is 0. The van der Waals surface area contributed by atoms with Gasteiger partial charge in [0, 0.05) is 95.4 Å². The Morgan fingerprint density at radius 2 is 1.06 bits per heavy atom. The molecular formula is C57H70F2N14O6. The fraction of sp³-hybridized carbons (Fsp3) is 0.421. The molecule has 10 rings (SSSR count). The number of nitrogens with one attached hydrogen (secondary N) is 3. The fourth-order valence-corrected chi connectivity index (χ4v) is 9.81. The Labute approximate surface area is 459 Å². The first kappa shape index (κ1) is 55.8. The van der Waals surface area contributed by atoms with Crippen molar-refractivity contribution in [1.29, 1.82) is 0 Å². The Balaban J connectivity index is 0.000000211. The molecule has 5 amide bonds. The molecule has 6 aromatic rings. The number of carbonyl (C=O) groups excluding carboxylic acids is 5. The topological polar surface area (TPSA) is 208 Å². The molecule has 2 unspecified atom stereocenters. The number of hydrogen-bond acceptors (Lipinski definition) is 13. The summed E-state index contributed by atoms with van der Waals surface area (Å²) in [6.45, 7) is 10.9. The van der Waals surface area contributed by atoms with Gasteiger partial charge in [-0.05, 0) is 132 Å². The normalized spacial score (nSPS) is 20.0. The number of likely N-dealkylation sites (N-methyl/N-ethyl adjacent to an activating group) is 2. The predicted octanol–water partition coefficient (Wildman–Crippen LogP) is 4.74. The van der Waals surface area contributed by atoms with Crippen LogP contribution in [0.5, 0.6) is 0 Å². The first-order valence-corrected chi connectivity index (χ1v) is 26.7. The summed E-state index contributed by atoms with van der Waals surface area (Å²) >= 11 is 0. The average molecular weight is 1090 g/mol. The number of hydrogen-bond donors (Lipinski definition) is 3. The fourth-order valence-electron chi connectivity index (χ4n) is 9.81. The molecular weight excluding hydrogens is 1010 g/mol. The van der Waals surface area contributed by atoms with E-state index in [0.717, 1.165) is 42.0 Å². The minimum Gasteiger partial charge on any atom is -0.444 e. The summed E-state index contributed by atoms with van der Waals surface area (Å²) in [6.07, 6.45) is 7.56. The Bertz CT molecular complexity index is 3010. The zero-order valence-electron chi connectivity index (χ0n) is 45.1. The highest BCUT2D eigenvalue weighted by atomic mass is 19.1. The van der Waals surface area contributed by atoms with Gasteiger partial charge in [-0.15, -0.1) is 10.2 Å². The van der Waals surface area contributed by atoms with Crippen LogP contribution in [-0.2, 0) is 14.3 Å². The largest absolute Gasteiger partial charge is 0.444 e. The molecule has 2 saturated heterocycles. The Kier molecular flexibility index (Phi) is 17.5. The highest BCUT2D eigenvalue weighted by Gasteiger charge is 2.48. The summed E-state index contributed by atoms with van der Waals surface area (Å²) in [7, 11) is 4.03. The molecule has 4 heterocycles. The average Bonchev–Trinajstić information content (AvgIpc) is 4.25. The van der Waals surface area contributed by atoms with Gasteiger partial charge in [-0.25, -0.2) is 22.9 Å². The number of amides is 5. The predicted molar refractivity (Wildman–Crippen MR) is 292 cm³/mol. The van der Waals surface area contributed by atoms with Gasteiger partial charge in [-0.1, -0.05) is 34.7 Å². The Morgan fingerprint density at radius 1 is 0.620 bits per heavy atom. The third-order valence-electron chi connectivity index (χ3n) is 14.6. The van der Waals surface area contributed by atoms with E-state index in [-0.39, 0.29) is 61.2 Å². The highest BCUT2D eigenvalue weighted by Crippen LogP contribution is 2.45. The van der Waals surface area contributed by atoms with E-state index in [0.29, 0.717) is 63.4 Å². The maximum atomic E-state index is 13.9. The smallest absolute Gasteiger partial charge is 0.410 e. The maximum Gasteiger partial charge on any atom is 0.410 e. The second-order valence-electron chi connectivity index (χ2n) is 21.6. The maximum absolute atomic E-state index is 13.9. The van der Waals surface area contributed by atoms with Crippen LogP contribution in [0.3, 0.4) is 0 Å². The lowest BCUT2D eigenvalue weighted by molar-refractivity contribution is -0.135. The first-order chi connectivity index (χ1) is 38.0. The van der Waals surface area contributed by atoms with Crippen LogP contribution in [0.2, 0.25) is 0 Å². The number of rotatable bonds is 16. The molecule has 3 N–H and O–H groups in total. The van der Waals surface area contributed by atoms with Crippen molar-refractivity contribution in [1.82, 2.24) is 70.4 Å². The number of halogens is 2. The van der Waals surface area contributed by atoms with Gasteiger partial charge in [0.05, 0.1) is 42.7 Å². The van der Waals surface area contributed by atoms with Gasteiger partial charge in [0.25, 0.3) is 11.8 Å². The molecule has 4 aliphatic rings. The SMILES string of the molecule is CN1CCN(C(=O)C(CN(C(=O)OC(C)(C)C)[C@@H]2C[C@H]2c2ccc(F)cc2)NC(=O)c2ccc(-n3ccnn3)cc2)CC1.CN1CCN(C(=O)C(CN[C@@H]2C[C@H]2c2ccc(F)cc2)NC(=O)c2ccc(-n3ccnn3)cc2)CC1.[HH]. The molecule has 0 radical (unpaired) electrons. The number of piperazine rings is 2. The lowest BCUT2D eigenvalue weighted by atomic mass is 10.1. The van der Waals surface area contributed by atoms with Gasteiger partial charge in [0.1, 0.15) is 29.3 Å². The third-order valence-corrected chi connectivity index (χ3v) is 14.6. The van der Waals surface area contributed by atoms with E-state index in [4.69, 9.17) is 4.74 Å². The Morgan fingerprint density at radius 3 is 1.51 bits per heavy atom. The van der Waals surface area contributed by atoms with Crippen molar-refractivity contribution in [3.8, 4) is 11.4 Å². The molecule has 0 spiro atoms. The zero-order valence-corrected chi connectivity index (χ0v) is 45.1. The van der Waals surface area contributed by atoms with Crippen molar-refractivity contribution in [3.63, 3.8) is 0 Å². The van der Waals surface area contributed by atoms with E-state index >= 15 is 0 Å². The molecule has 79 heavy (non-hydrogen) atoms. The van der Waals surface area contributed by atoms with Crippen LogP contribution in [0.25, 0.3) is 11.4 Å².